The summed E-state index contributed by atoms with van der Waals surface area (Å²) < 4.78 is 9.91. The van der Waals surface area contributed by atoms with Gasteiger partial charge in [-0.15, -0.1) is 0 Å². The molecule has 1 aliphatic rings. The highest BCUT2D eigenvalue weighted by molar-refractivity contribution is 6.15. The van der Waals surface area contributed by atoms with E-state index in [0.29, 0.717) is 0 Å². The SMILES string of the molecule is CC.CC.CC.CC1(C)OC(=O)C(=CNc2ccccc2)C(=O)O1. The molecule has 0 aromatic heterocycles. The number of nitrogens with one attached hydrogen (secondary N) is 1. The second kappa shape index (κ2) is 13.2. The molecule has 2 rings (SSSR count). The van der Waals surface area contributed by atoms with Crippen LogP contribution in [-0.2, 0) is 19.1 Å². The Bertz CT molecular complexity index is 485. The first-order valence-corrected chi connectivity index (χ1v) is 8.46. The summed E-state index contributed by atoms with van der Waals surface area (Å²) >= 11 is 0. The molecular formula is C19H31NO4. The molecule has 1 fully saturated rings. The third kappa shape index (κ3) is 8.36. The van der Waals surface area contributed by atoms with Gasteiger partial charge in [-0.2, -0.15) is 0 Å². The van der Waals surface area contributed by atoms with Gasteiger partial charge >= 0.3 is 11.9 Å². The van der Waals surface area contributed by atoms with Crippen LogP contribution in [0, 0.1) is 0 Å². The van der Waals surface area contributed by atoms with Crippen molar-refractivity contribution < 1.29 is 19.1 Å². The van der Waals surface area contributed by atoms with Gasteiger partial charge in [0.1, 0.15) is 0 Å². The molecule has 0 saturated carbocycles. The van der Waals surface area contributed by atoms with Crippen LogP contribution in [0.4, 0.5) is 5.69 Å². The molecule has 0 bridgehead atoms. The van der Waals surface area contributed by atoms with Crippen molar-refractivity contribution >= 4 is 17.6 Å². The minimum absolute atomic E-state index is 0.154. The first-order valence-electron chi connectivity index (χ1n) is 8.46. The molecule has 0 spiro atoms. The zero-order chi connectivity index (χ0) is 19.2. The summed E-state index contributed by atoms with van der Waals surface area (Å²) in [7, 11) is 0. The number of cyclic esters (lactones) is 2. The van der Waals surface area contributed by atoms with E-state index in [1.165, 1.54) is 20.0 Å². The average molecular weight is 337 g/mol. The zero-order valence-corrected chi connectivity index (χ0v) is 16.1. The number of anilines is 1. The van der Waals surface area contributed by atoms with Crippen molar-refractivity contribution in [3.8, 4) is 0 Å². The summed E-state index contributed by atoms with van der Waals surface area (Å²) in [5.41, 5.74) is 0.605. The predicted octanol–water partition coefficient (Wildman–Crippen LogP) is 4.90. The molecule has 24 heavy (non-hydrogen) atoms. The van der Waals surface area contributed by atoms with Crippen LogP contribution in [0.25, 0.3) is 0 Å². The number of hydrogen-bond acceptors (Lipinski definition) is 5. The summed E-state index contributed by atoms with van der Waals surface area (Å²) in [6.07, 6.45) is 1.29. The largest absolute Gasteiger partial charge is 0.419 e. The van der Waals surface area contributed by atoms with Crippen molar-refractivity contribution in [1.82, 2.24) is 0 Å². The normalized spacial score (nSPS) is 14.1. The van der Waals surface area contributed by atoms with Gasteiger partial charge in [0, 0.05) is 25.7 Å². The lowest BCUT2D eigenvalue weighted by molar-refractivity contribution is -0.222. The molecule has 5 heteroatoms. The van der Waals surface area contributed by atoms with Crippen molar-refractivity contribution in [3.63, 3.8) is 0 Å². The lowest BCUT2D eigenvalue weighted by Crippen LogP contribution is -2.42. The molecule has 1 saturated heterocycles. The highest BCUT2D eigenvalue weighted by atomic mass is 16.7. The number of hydrogen-bond donors (Lipinski definition) is 1. The van der Waals surface area contributed by atoms with E-state index >= 15 is 0 Å². The smallest absolute Gasteiger partial charge is 0.350 e. The fraction of sp³-hybridized carbons (Fsp3) is 0.474. The van der Waals surface area contributed by atoms with Crippen LogP contribution in [0.15, 0.2) is 42.1 Å². The maximum Gasteiger partial charge on any atom is 0.350 e. The quantitative estimate of drug-likeness (QED) is 0.472. The number of esters is 2. The molecule has 0 atom stereocenters. The van der Waals surface area contributed by atoms with Crippen LogP contribution in [0.2, 0.25) is 0 Å². The van der Waals surface area contributed by atoms with E-state index in [-0.39, 0.29) is 5.57 Å². The van der Waals surface area contributed by atoms with Crippen molar-refractivity contribution in [3.05, 3.63) is 42.1 Å². The molecule has 5 nitrogen and oxygen atoms in total. The van der Waals surface area contributed by atoms with Gasteiger partial charge in [0.05, 0.1) is 0 Å². The van der Waals surface area contributed by atoms with Gasteiger partial charge in [-0.3, -0.25) is 0 Å². The van der Waals surface area contributed by atoms with Gasteiger partial charge in [-0.05, 0) is 12.1 Å². The summed E-state index contributed by atoms with van der Waals surface area (Å²) in [6.45, 7) is 15.0. The Kier molecular flexibility index (Phi) is 13.1. The van der Waals surface area contributed by atoms with Gasteiger partial charge in [-0.25, -0.2) is 9.59 Å². The van der Waals surface area contributed by atoms with Gasteiger partial charge in [-0.1, -0.05) is 59.7 Å². The van der Waals surface area contributed by atoms with Gasteiger partial charge in [0.15, 0.2) is 5.57 Å². The molecule has 0 aliphatic carbocycles. The number of carbonyl (C=O) groups is 2. The molecular weight excluding hydrogens is 306 g/mol. The summed E-state index contributed by atoms with van der Waals surface area (Å²) in [4.78, 5) is 23.2. The van der Waals surface area contributed by atoms with Crippen LogP contribution in [0.1, 0.15) is 55.4 Å². The number of carbonyl (C=O) groups excluding carboxylic acids is 2. The molecule has 0 unspecified atom stereocenters. The van der Waals surface area contributed by atoms with Crippen LogP contribution >= 0.6 is 0 Å². The minimum atomic E-state index is -1.21. The first kappa shape index (κ1) is 24.0. The molecule has 1 aliphatic heterocycles. The Morgan fingerprint density at radius 1 is 0.833 bits per heavy atom. The lowest BCUT2D eigenvalue weighted by atomic mass is 10.2. The third-order valence-corrected chi connectivity index (χ3v) is 2.27. The minimum Gasteiger partial charge on any atom is -0.419 e. The Balaban J connectivity index is 0. The summed E-state index contributed by atoms with van der Waals surface area (Å²) in [6, 6.07) is 9.15. The average Bonchev–Trinajstić information content (AvgIpc) is 2.59. The zero-order valence-electron chi connectivity index (χ0n) is 16.1. The number of ether oxygens (including phenoxy) is 2. The standard InChI is InChI=1S/C13H13NO4.3C2H6/c1-13(2)17-11(15)10(12(16)18-13)8-14-9-6-4-3-5-7-9;3*1-2/h3-8,14H,1-2H3;3*1-2H3. The second-order valence-corrected chi connectivity index (χ2v) is 4.25. The van der Waals surface area contributed by atoms with Crippen LogP contribution in [0.3, 0.4) is 0 Å². The van der Waals surface area contributed by atoms with Gasteiger partial charge < -0.3 is 14.8 Å². The molecule has 136 valence electrons. The fourth-order valence-electron chi connectivity index (χ4n) is 1.47. The summed E-state index contributed by atoms with van der Waals surface area (Å²) in [5, 5.41) is 2.84. The van der Waals surface area contributed by atoms with Crippen molar-refractivity contribution in [2.75, 3.05) is 5.32 Å². The van der Waals surface area contributed by atoms with E-state index in [9.17, 15) is 9.59 Å². The highest BCUT2D eigenvalue weighted by Crippen LogP contribution is 2.22. The first-order chi connectivity index (χ1) is 11.5. The van der Waals surface area contributed by atoms with Crippen molar-refractivity contribution in [1.29, 1.82) is 0 Å². The highest BCUT2D eigenvalue weighted by Gasteiger charge is 2.38. The van der Waals surface area contributed by atoms with Crippen molar-refractivity contribution in [2.45, 2.75) is 61.2 Å². The lowest BCUT2D eigenvalue weighted by Gasteiger charge is -2.29. The van der Waals surface area contributed by atoms with Gasteiger partial charge in [0.2, 0.25) is 0 Å². The molecule has 1 heterocycles. The molecule has 0 amide bonds. The van der Waals surface area contributed by atoms with Crippen LogP contribution in [-0.4, -0.2) is 17.7 Å². The van der Waals surface area contributed by atoms with E-state index in [4.69, 9.17) is 9.47 Å². The third-order valence-electron chi connectivity index (χ3n) is 2.27. The fourth-order valence-corrected chi connectivity index (χ4v) is 1.47. The van der Waals surface area contributed by atoms with E-state index in [2.05, 4.69) is 5.32 Å². The van der Waals surface area contributed by atoms with E-state index in [1.54, 1.807) is 12.1 Å². The molecule has 1 N–H and O–H groups in total. The topological polar surface area (TPSA) is 64.6 Å². The second-order valence-electron chi connectivity index (χ2n) is 4.25. The summed E-state index contributed by atoms with van der Waals surface area (Å²) in [5.74, 6) is -2.60. The number of rotatable bonds is 2. The number of para-hydroxylation sites is 1. The predicted molar refractivity (Wildman–Crippen MR) is 98.5 cm³/mol. The van der Waals surface area contributed by atoms with Crippen LogP contribution < -0.4 is 5.32 Å². The van der Waals surface area contributed by atoms with Gasteiger partial charge in [0.25, 0.3) is 5.79 Å². The molecule has 1 aromatic rings. The van der Waals surface area contributed by atoms with E-state index in [0.717, 1.165) is 5.69 Å². The Hall–Kier alpha value is -2.30. The monoisotopic (exact) mass is 337 g/mol. The Morgan fingerprint density at radius 3 is 1.67 bits per heavy atom. The van der Waals surface area contributed by atoms with Crippen LogP contribution in [0.5, 0.6) is 0 Å². The maximum atomic E-state index is 11.6. The van der Waals surface area contributed by atoms with Crippen molar-refractivity contribution in [2.24, 2.45) is 0 Å². The van der Waals surface area contributed by atoms with E-state index < -0.39 is 17.7 Å². The van der Waals surface area contributed by atoms with E-state index in [1.807, 2.05) is 59.7 Å². The Labute approximate surface area is 146 Å². The number of benzene rings is 1. The maximum absolute atomic E-state index is 11.6. The molecule has 1 aromatic carbocycles. The Morgan fingerprint density at radius 2 is 1.25 bits per heavy atom. The molecule has 0 radical (unpaired) electrons.